The molecule has 1 rings (SSSR count). The number of nitrogens with one attached hydrogen (secondary N) is 1. The quantitative estimate of drug-likeness (QED) is 0.811. The molecule has 0 fully saturated rings. The van der Waals surface area contributed by atoms with Gasteiger partial charge in [0.1, 0.15) is 6.04 Å². The van der Waals surface area contributed by atoms with E-state index in [4.69, 9.17) is 4.74 Å². The summed E-state index contributed by atoms with van der Waals surface area (Å²) in [6.07, 6.45) is 4.61. The maximum atomic E-state index is 11.8. The molecule has 4 nitrogen and oxygen atoms in total. The van der Waals surface area contributed by atoms with Crippen LogP contribution in [0, 0.1) is 5.92 Å². The number of carbonyl (C=O) groups is 2. The van der Waals surface area contributed by atoms with E-state index in [1.54, 1.807) is 0 Å². The highest BCUT2D eigenvalue weighted by Gasteiger charge is 2.26. The number of methoxy groups -OCH3 is 1. The van der Waals surface area contributed by atoms with Gasteiger partial charge in [-0.15, -0.1) is 0 Å². The average Bonchev–Trinajstić information content (AvgIpc) is 2.46. The normalized spacial score (nSPS) is 13.8. The van der Waals surface area contributed by atoms with E-state index in [1.165, 1.54) is 14.0 Å². The lowest BCUT2D eigenvalue weighted by Gasteiger charge is -2.22. The Morgan fingerprint density at radius 1 is 1.30 bits per heavy atom. The van der Waals surface area contributed by atoms with Gasteiger partial charge in [-0.3, -0.25) is 4.79 Å². The van der Waals surface area contributed by atoms with Crippen molar-refractivity contribution in [2.75, 3.05) is 7.11 Å². The Labute approximate surface area is 119 Å². The highest BCUT2D eigenvalue weighted by molar-refractivity contribution is 5.83. The molecule has 0 radical (unpaired) electrons. The summed E-state index contributed by atoms with van der Waals surface area (Å²) in [7, 11) is 1.32. The zero-order valence-corrected chi connectivity index (χ0v) is 12.1. The van der Waals surface area contributed by atoms with Crippen molar-refractivity contribution in [2.24, 2.45) is 5.92 Å². The molecular weight excluding hydrogens is 254 g/mol. The second-order valence-electron chi connectivity index (χ2n) is 4.54. The smallest absolute Gasteiger partial charge is 0.328 e. The van der Waals surface area contributed by atoms with E-state index in [9.17, 15) is 9.59 Å². The molecule has 20 heavy (non-hydrogen) atoms. The molecule has 108 valence electrons. The van der Waals surface area contributed by atoms with E-state index in [0.717, 1.165) is 12.0 Å². The number of carbonyl (C=O) groups excluding carboxylic acids is 2. The van der Waals surface area contributed by atoms with Crippen molar-refractivity contribution in [2.45, 2.75) is 26.3 Å². The predicted octanol–water partition coefficient (Wildman–Crippen LogP) is 2.40. The summed E-state index contributed by atoms with van der Waals surface area (Å²) in [5, 5.41) is 2.65. The first-order chi connectivity index (χ1) is 9.58. The summed E-state index contributed by atoms with van der Waals surface area (Å²) in [6, 6.07) is 9.16. The molecule has 0 aliphatic carbocycles. The summed E-state index contributed by atoms with van der Waals surface area (Å²) >= 11 is 0. The van der Waals surface area contributed by atoms with Crippen LogP contribution in [-0.2, 0) is 14.3 Å². The second-order valence-corrected chi connectivity index (χ2v) is 4.54. The van der Waals surface area contributed by atoms with E-state index in [1.807, 2.05) is 49.4 Å². The van der Waals surface area contributed by atoms with Crippen molar-refractivity contribution in [3.05, 3.63) is 42.0 Å². The fraction of sp³-hybridized carbons (Fsp3) is 0.375. The van der Waals surface area contributed by atoms with Gasteiger partial charge in [0, 0.05) is 12.8 Å². The van der Waals surface area contributed by atoms with Gasteiger partial charge in [-0.2, -0.15) is 0 Å². The molecule has 0 heterocycles. The van der Waals surface area contributed by atoms with Crippen LogP contribution in [-0.4, -0.2) is 25.0 Å². The lowest BCUT2D eigenvalue weighted by atomic mass is 9.95. The molecule has 4 heteroatoms. The van der Waals surface area contributed by atoms with Gasteiger partial charge >= 0.3 is 5.97 Å². The van der Waals surface area contributed by atoms with Crippen molar-refractivity contribution in [3.8, 4) is 0 Å². The third-order valence-electron chi connectivity index (χ3n) is 3.05. The maximum absolute atomic E-state index is 11.8. The molecule has 0 spiro atoms. The Bertz CT molecular complexity index is 468. The van der Waals surface area contributed by atoms with Crippen LogP contribution in [0.1, 0.15) is 25.8 Å². The Balaban J connectivity index is 2.87. The molecule has 1 aromatic carbocycles. The summed E-state index contributed by atoms with van der Waals surface area (Å²) in [4.78, 5) is 23.0. The minimum atomic E-state index is -0.650. The fourth-order valence-electron chi connectivity index (χ4n) is 1.97. The van der Waals surface area contributed by atoms with Crippen LogP contribution >= 0.6 is 0 Å². The SMILES string of the molecule is CC[C@@H](/C=C/c1ccccc1)[C@H](NC(C)=O)C(=O)OC. The molecular formula is C16H21NO3. The molecule has 0 bridgehead atoms. The minimum Gasteiger partial charge on any atom is -0.467 e. The van der Waals surface area contributed by atoms with Crippen LogP contribution in [0.25, 0.3) is 6.08 Å². The lowest BCUT2D eigenvalue weighted by molar-refractivity contribution is -0.146. The highest BCUT2D eigenvalue weighted by atomic mass is 16.5. The zero-order valence-electron chi connectivity index (χ0n) is 12.1. The molecule has 0 saturated carbocycles. The first-order valence-electron chi connectivity index (χ1n) is 6.66. The van der Waals surface area contributed by atoms with Gasteiger partial charge in [0.25, 0.3) is 0 Å². The largest absolute Gasteiger partial charge is 0.467 e. The molecule has 1 aromatic rings. The minimum absolute atomic E-state index is 0.105. The van der Waals surface area contributed by atoms with Gasteiger partial charge in [0.2, 0.25) is 5.91 Å². The summed E-state index contributed by atoms with van der Waals surface area (Å²) in [5.41, 5.74) is 1.05. The van der Waals surface area contributed by atoms with E-state index in [2.05, 4.69) is 5.32 Å². The molecule has 1 amide bonds. The van der Waals surface area contributed by atoms with Gasteiger partial charge in [0.15, 0.2) is 0 Å². The van der Waals surface area contributed by atoms with Gasteiger partial charge < -0.3 is 10.1 Å². The van der Waals surface area contributed by atoms with Crippen molar-refractivity contribution < 1.29 is 14.3 Å². The summed E-state index contributed by atoms with van der Waals surface area (Å²) < 4.78 is 4.76. The van der Waals surface area contributed by atoms with Gasteiger partial charge in [-0.1, -0.05) is 49.4 Å². The molecule has 0 aliphatic heterocycles. The number of rotatable bonds is 6. The van der Waals surface area contributed by atoms with Crippen LogP contribution in [0.4, 0.5) is 0 Å². The van der Waals surface area contributed by atoms with Crippen molar-refractivity contribution in [1.82, 2.24) is 5.32 Å². The zero-order chi connectivity index (χ0) is 15.0. The van der Waals surface area contributed by atoms with Crippen LogP contribution in [0.2, 0.25) is 0 Å². The van der Waals surface area contributed by atoms with Crippen LogP contribution in [0.3, 0.4) is 0 Å². The molecule has 1 N–H and O–H groups in total. The second kappa shape index (κ2) is 8.15. The number of esters is 1. The van der Waals surface area contributed by atoms with Crippen LogP contribution in [0.5, 0.6) is 0 Å². The average molecular weight is 275 g/mol. The van der Waals surface area contributed by atoms with E-state index >= 15 is 0 Å². The van der Waals surface area contributed by atoms with Crippen molar-refractivity contribution in [1.29, 1.82) is 0 Å². The standard InChI is InChI=1S/C16H21NO3/c1-4-14(11-10-13-8-6-5-7-9-13)15(16(19)20-3)17-12(2)18/h5-11,14-15H,4H2,1-3H3,(H,17,18)/b11-10+/t14-,15-/m0/s1. The Hall–Kier alpha value is -2.10. The molecule has 0 unspecified atom stereocenters. The Morgan fingerprint density at radius 2 is 1.95 bits per heavy atom. The number of hydrogen-bond acceptors (Lipinski definition) is 3. The lowest BCUT2D eigenvalue weighted by Crippen LogP contribution is -2.45. The highest BCUT2D eigenvalue weighted by Crippen LogP contribution is 2.15. The van der Waals surface area contributed by atoms with E-state index < -0.39 is 12.0 Å². The Morgan fingerprint density at radius 3 is 2.45 bits per heavy atom. The molecule has 0 aliphatic rings. The monoisotopic (exact) mass is 275 g/mol. The fourth-order valence-corrected chi connectivity index (χ4v) is 1.97. The van der Waals surface area contributed by atoms with E-state index in [-0.39, 0.29) is 11.8 Å². The predicted molar refractivity (Wildman–Crippen MR) is 78.9 cm³/mol. The van der Waals surface area contributed by atoms with Gasteiger partial charge in [0.05, 0.1) is 7.11 Å². The van der Waals surface area contributed by atoms with Crippen molar-refractivity contribution in [3.63, 3.8) is 0 Å². The molecule has 0 aromatic heterocycles. The third-order valence-corrected chi connectivity index (χ3v) is 3.05. The number of amides is 1. The summed E-state index contributed by atoms with van der Waals surface area (Å²) in [6.45, 7) is 3.36. The van der Waals surface area contributed by atoms with Crippen LogP contribution in [0.15, 0.2) is 36.4 Å². The first-order valence-corrected chi connectivity index (χ1v) is 6.66. The molecule has 0 saturated heterocycles. The Kier molecular flexibility index (Phi) is 6.50. The maximum Gasteiger partial charge on any atom is 0.328 e. The van der Waals surface area contributed by atoms with E-state index in [0.29, 0.717) is 0 Å². The topological polar surface area (TPSA) is 55.4 Å². The summed E-state index contributed by atoms with van der Waals surface area (Å²) in [5.74, 6) is -0.775. The van der Waals surface area contributed by atoms with Crippen LogP contribution < -0.4 is 5.32 Å². The van der Waals surface area contributed by atoms with Gasteiger partial charge in [-0.25, -0.2) is 4.79 Å². The number of benzene rings is 1. The number of hydrogen-bond donors (Lipinski definition) is 1. The van der Waals surface area contributed by atoms with Gasteiger partial charge in [-0.05, 0) is 12.0 Å². The number of ether oxygens (including phenoxy) is 1. The molecule has 2 atom stereocenters. The van der Waals surface area contributed by atoms with Crippen molar-refractivity contribution >= 4 is 18.0 Å². The third kappa shape index (κ3) is 4.88. The first kappa shape index (κ1) is 16.0.